The Hall–Kier alpha value is -1.82. The average Bonchev–Trinajstić information content (AvgIpc) is 2.27. The Bertz CT molecular complexity index is 446. The molecule has 0 heterocycles. The number of hydrogen-bond donors (Lipinski definition) is 0. The zero-order valence-electron chi connectivity index (χ0n) is 8.52. The number of ether oxygens (including phenoxy) is 2. The maximum absolute atomic E-state index is 11.4. The molecule has 0 aliphatic carbocycles. The van der Waals surface area contributed by atoms with E-state index in [1.54, 1.807) is 0 Å². The van der Waals surface area contributed by atoms with Gasteiger partial charge in [-0.1, -0.05) is 11.6 Å². The number of rotatable bonds is 3. The summed E-state index contributed by atoms with van der Waals surface area (Å²) >= 11 is 5.80. The molecule has 0 bridgehead atoms. The van der Waals surface area contributed by atoms with Crippen LogP contribution in [0.2, 0.25) is 5.02 Å². The third-order valence-corrected chi connectivity index (χ3v) is 2.27. The van der Waals surface area contributed by atoms with E-state index in [0.717, 1.165) is 13.2 Å². The number of halogens is 1. The molecule has 0 N–H and O–H groups in total. The quantitative estimate of drug-likeness (QED) is 0.463. The molecule has 0 aromatic heterocycles. The highest BCUT2D eigenvalue weighted by atomic mass is 35.5. The number of nitro groups is 1. The van der Waals surface area contributed by atoms with Crippen molar-refractivity contribution in [3.8, 4) is 5.75 Å². The number of carbonyl (C=O) groups excluding carboxylic acids is 1. The fourth-order valence-electron chi connectivity index (χ4n) is 1.15. The Morgan fingerprint density at radius 1 is 1.44 bits per heavy atom. The molecule has 16 heavy (non-hydrogen) atoms. The van der Waals surface area contributed by atoms with Crippen molar-refractivity contribution in [1.82, 2.24) is 0 Å². The third-order valence-electron chi connectivity index (χ3n) is 1.89. The molecule has 1 aromatic rings. The summed E-state index contributed by atoms with van der Waals surface area (Å²) in [6, 6.07) is 2.45. The van der Waals surface area contributed by atoms with Crippen molar-refractivity contribution in [2.75, 3.05) is 14.2 Å². The van der Waals surface area contributed by atoms with Crippen LogP contribution in [0.3, 0.4) is 0 Å². The lowest BCUT2D eigenvalue weighted by Gasteiger charge is -2.07. The molecular weight excluding hydrogens is 238 g/mol. The molecule has 0 unspecified atom stereocenters. The minimum absolute atomic E-state index is 0.136. The molecule has 1 aromatic carbocycles. The van der Waals surface area contributed by atoms with Crippen LogP contribution in [0, 0.1) is 10.1 Å². The predicted molar refractivity (Wildman–Crippen MR) is 56.0 cm³/mol. The maximum atomic E-state index is 11.4. The number of nitro benzene ring substituents is 1. The Morgan fingerprint density at radius 3 is 2.50 bits per heavy atom. The van der Waals surface area contributed by atoms with Gasteiger partial charge < -0.3 is 9.47 Å². The summed E-state index contributed by atoms with van der Waals surface area (Å²) in [7, 11) is 2.45. The monoisotopic (exact) mass is 245 g/mol. The van der Waals surface area contributed by atoms with E-state index in [1.165, 1.54) is 13.2 Å². The van der Waals surface area contributed by atoms with E-state index >= 15 is 0 Å². The Morgan fingerprint density at radius 2 is 2.06 bits per heavy atom. The van der Waals surface area contributed by atoms with Gasteiger partial charge in [-0.2, -0.15) is 0 Å². The van der Waals surface area contributed by atoms with Crippen molar-refractivity contribution in [1.29, 1.82) is 0 Å². The highest BCUT2D eigenvalue weighted by molar-refractivity contribution is 6.35. The summed E-state index contributed by atoms with van der Waals surface area (Å²) in [4.78, 5) is 21.3. The summed E-state index contributed by atoms with van der Waals surface area (Å²) < 4.78 is 9.28. The van der Waals surface area contributed by atoms with E-state index in [1.807, 2.05) is 0 Å². The van der Waals surface area contributed by atoms with E-state index in [0.29, 0.717) is 0 Å². The summed E-state index contributed by atoms with van der Waals surface area (Å²) in [5.41, 5.74) is -0.730. The highest BCUT2D eigenvalue weighted by Crippen LogP contribution is 2.34. The first-order valence-electron chi connectivity index (χ1n) is 4.12. The first kappa shape index (κ1) is 12.3. The Labute approximate surface area is 95.9 Å². The molecule has 0 aliphatic rings. The second-order valence-corrected chi connectivity index (χ2v) is 3.10. The fourth-order valence-corrected chi connectivity index (χ4v) is 1.47. The van der Waals surface area contributed by atoms with Gasteiger partial charge >= 0.3 is 5.97 Å². The molecule has 0 fully saturated rings. The van der Waals surface area contributed by atoms with Crippen molar-refractivity contribution < 1.29 is 19.2 Å². The number of carbonyl (C=O) groups is 1. The van der Waals surface area contributed by atoms with E-state index in [-0.39, 0.29) is 16.3 Å². The SMILES string of the molecule is COC(=O)c1c([N+](=O)[O-])ccc(OC)c1Cl. The topological polar surface area (TPSA) is 78.7 Å². The first-order chi connectivity index (χ1) is 7.52. The van der Waals surface area contributed by atoms with Gasteiger partial charge in [0.15, 0.2) is 5.56 Å². The number of nitrogens with zero attached hydrogens (tertiary/aromatic N) is 1. The number of esters is 1. The molecule has 0 aliphatic heterocycles. The average molecular weight is 246 g/mol. The molecule has 0 spiro atoms. The standard InChI is InChI=1S/C9H8ClNO5/c1-15-6-4-3-5(11(13)14)7(8(6)10)9(12)16-2/h3-4H,1-2H3. The molecule has 6 nitrogen and oxygen atoms in total. The van der Waals surface area contributed by atoms with Gasteiger partial charge in [0.05, 0.1) is 19.1 Å². The molecular formula is C9H8ClNO5. The first-order valence-corrected chi connectivity index (χ1v) is 4.50. The van der Waals surface area contributed by atoms with Gasteiger partial charge in [0, 0.05) is 6.07 Å². The molecule has 0 saturated carbocycles. The van der Waals surface area contributed by atoms with Crippen LogP contribution in [0.25, 0.3) is 0 Å². The molecule has 7 heteroatoms. The summed E-state index contributed by atoms with van der Waals surface area (Å²) in [5, 5.41) is 10.6. The van der Waals surface area contributed by atoms with Crippen LogP contribution < -0.4 is 4.74 Å². The summed E-state index contributed by atoms with van der Waals surface area (Å²) in [5.74, 6) is -0.705. The summed E-state index contributed by atoms with van der Waals surface area (Å²) in [6.45, 7) is 0. The van der Waals surface area contributed by atoms with E-state index in [9.17, 15) is 14.9 Å². The van der Waals surface area contributed by atoms with Crippen molar-refractivity contribution in [3.05, 3.63) is 32.8 Å². The van der Waals surface area contributed by atoms with Crippen LogP contribution in [-0.4, -0.2) is 25.1 Å². The predicted octanol–water partition coefficient (Wildman–Crippen LogP) is 2.04. The largest absolute Gasteiger partial charge is 0.495 e. The van der Waals surface area contributed by atoms with Crippen molar-refractivity contribution in [3.63, 3.8) is 0 Å². The van der Waals surface area contributed by atoms with Crippen LogP contribution in [-0.2, 0) is 4.74 Å². The van der Waals surface area contributed by atoms with Crippen molar-refractivity contribution in [2.45, 2.75) is 0 Å². The number of benzene rings is 1. The van der Waals surface area contributed by atoms with Gasteiger partial charge in [-0.05, 0) is 6.07 Å². The molecule has 0 saturated heterocycles. The molecule has 0 amide bonds. The van der Waals surface area contributed by atoms with E-state index in [2.05, 4.69) is 4.74 Å². The lowest BCUT2D eigenvalue weighted by Crippen LogP contribution is -2.07. The zero-order chi connectivity index (χ0) is 12.3. The Kier molecular flexibility index (Phi) is 3.68. The van der Waals surface area contributed by atoms with Crippen LogP contribution in [0.15, 0.2) is 12.1 Å². The lowest BCUT2D eigenvalue weighted by molar-refractivity contribution is -0.385. The second kappa shape index (κ2) is 4.80. The van der Waals surface area contributed by atoms with E-state index < -0.39 is 16.6 Å². The fraction of sp³-hybridized carbons (Fsp3) is 0.222. The number of methoxy groups -OCH3 is 2. The minimum Gasteiger partial charge on any atom is -0.495 e. The molecule has 1 rings (SSSR count). The van der Waals surface area contributed by atoms with Crippen LogP contribution in [0.1, 0.15) is 10.4 Å². The third kappa shape index (κ3) is 2.06. The maximum Gasteiger partial charge on any atom is 0.346 e. The van der Waals surface area contributed by atoms with E-state index in [4.69, 9.17) is 16.3 Å². The minimum atomic E-state index is -0.879. The van der Waals surface area contributed by atoms with Gasteiger partial charge in [-0.25, -0.2) is 4.79 Å². The molecule has 0 radical (unpaired) electrons. The normalized spacial score (nSPS) is 9.69. The highest BCUT2D eigenvalue weighted by Gasteiger charge is 2.26. The van der Waals surface area contributed by atoms with Gasteiger partial charge in [0.2, 0.25) is 0 Å². The smallest absolute Gasteiger partial charge is 0.346 e. The summed E-state index contributed by atoms with van der Waals surface area (Å²) in [6.07, 6.45) is 0. The zero-order valence-corrected chi connectivity index (χ0v) is 9.28. The van der Waals surface area contributed by atoms with Crippen molar-refractivity contribution >= 4 is 23.3 Å². The Balaban J connectivity index is 3.48. The van der Waals surface area contributed by atoms with Gasteiger partial charge in [-0.15, -0.1) is 0 Å². The molecule has 86 valence electrons. The number of hydrogen-bond acceptors (Lipinski definition) is 5. The van der Waals surface area contributed by atoms with Gasteiger partial charge in [0.1, 0.15) is 10.8 Å². The lowest BCUT2D eigenvalue weighted by atomic mass is 10.1. The van der Waals surface area contributed by atoms with Gasteiger partial charge in [-0.3, -0.25) is 10.1 Å². The second-order valence-electron chi connectivity index (χ2n) is 2.72. The van der Waals surface area contributed by atoms with Crippen LogP contribution in [0.4, 0.5) is 5.69 Å². The molecule has 0 atom stereocenters. The van der Waals surface area contributed by atoms with Crippen molar-refractivity contribution in [2.24, 2.45) is 0 Å². The van der Waals surface area contributed by atoms with Crippen LogP contribution >= 0.6 is 11.6 Å². The van der Waals surface area contributed by atoms with Gasteiger partial charge in [0.25, 0.3) is 5.69 Å². The van der Waals surface area contributed by atoms with Crippen LogP contribution in [0.5, 0.6) is 5.75 Å².